The van der Waals surface area contributed by atoms with Gasteiger partial charge in [0.15, 0.2) is 0 Å². The predicted octanol–water partition coefficient (Wildman–Crippen LogP) is -0.0809. The van der Waals surface area contributed by atoms with Crippen molar-refractivity contribution in [1.29, 1.82) is 0 Å². The highest BCUT2D eigenvalue weighted by Gasteiger charge is 2.49. The second-order valence-corrected chi connectivity index (χ2v) is 4.93. The van der Waals surface area contributed by atoms with Crippen molar-refractivity contribution in [3.63, 3.8) is 0 Å². The van der Waals surface area contributed by atoms with Crippen LogP contribution in [0, 0.1) is 11.3 Å². The molecule has 2 rings (SSSR count). The van der Waals surface area contributed by atoms with Crippen LogP contribution >= 0.6 is 0 Å². The average Bonchev–Trinajstić information content (AvgIpc) is 2.61. The summed E-state index contributed by atoms with van der Waals surface area (Å²) in [6.07, 6.45) is 1.81. The number of piperidine rings is 1. The Hall–Kier alpha value is -1.10. The molecule has 2 saturated heterocycles. The Labute approximate surface area is 94.8 Å². The molecule has 0 aromatic heterocycles. The van der Waals surface area contributed by atoms with Gasteiger partial charge < -0.3 is 15.3 Å². The number of carbonyl (C=O) groups is 2. The highest BCUT2D eigenvalue weighted by molar-refractivity contribution is 5.75. The molecule has 2 heterocycles. The lowest BCUT2D eigenvalue weighted by Gasteiger charge is -2.42. The molecule has 5 nitrogen and oxygen atoms in total. The molecule has 0 aromatic rings. The predicted molar refractivity (Wildman–Crippen MR) is 57.9 cm³/mol. The smallest absolute Gasteiger partial charge is 0.308 e. The third-order valence-corrected chi connectivity index (χ3v) is 3.92. The summed E-state index contributed by atoms with van der Waals surface area (Å²) in [7, 11) is 0. The minimum atomic E-state index is -0.740. The number of rotatable bonds is 1. The Kier molecular flexibility index (Phi) is 2.88. The number of aliphatic carboxylic acids is 1. The number of amides is 1. The van der Waals surface area contributed by atoms with Gasteiger partial charge in [-0.15, -0.1) is 0 Å². The Morgan fingerprint density at radius 1 is 1.50 bits per heavy atom. The van der Waals surface area contributed by atoms with E-state index in [-0.39, 0.29) is 17.2 Å². The summed E-state index contributed by atoms with van der Waals surface area (Å²) in [6.45, 7) is 4.15. The molecule has 0 saturated carbocycles. The first-order valence-electron chi connectivity index (χ1n) is 5.74. The van der Waals surface area contributed by atoms with Crippen molar-refractivity contribution in [2.45, 2.75) is 19.8 Å². The van der Waals surface area contributed by atoms with Crippen LogP contribution in [-0.2, 0) is 9.59 Å². The number of nitrogens with zero attached hydrogens (tertiary/aromatic N) is 1. The molecule has 90 valence electrons. The van der Waals surface area contributed by atoms with E-state index in [0.717, 1.165) is 19.4 Å². The van der Waals surface area contributed by atoms with Crippen molar-refractivity contribution < 1.29 is 14.7 Å². The van der Waals surface area contributed by atoms with Crippen molar-refractivity contribution in [3.05, 3.63) is 0 Å². The standard InChI is InChI=1S/C11H18N2O3/c1-8(14)13-4-2-3-11(7-13)6-12-5-9(11)10(15)16/h9,12H,2-7H2,1H3,(H,15,16). The van der Waals surface area contributed by atoms with Gasteiger partial charge in [0.2, 0.25) is 5.91 Å². The van der Waals surface area contributed by atoms with Gasteiger partial charge in [-0.3, -0.25) is 9.59 Å². The van der Waals surface area contributed by atoms with Gasteiger partial charge in [-0.25, -0.2) is 0 Å². The lowest BCUT2D eigenvalue weighted by molar-refractivity contribution is -0.148. The van der Waals surface area contributed by atoms with E-state index in [4.69, 9.17) is 0 Å². The fraction of sp³-hybridized carbons (Fsp3) is 0.818. The zero-order valence-electron chi connectivity index (χ0n) is 9.53. The fourth-order valence-corrected chi connectivity index (χ4v) is 3.01. The summed E-state index contributed by atoms with van der Waals surface area (Å²) in [5.74, 6) is -1.04. The molecule has 5 heteroatoms. The Morgan fingerprint density at radius 2 is 2.25 bits per heavy atom. The summed E-state index contributed by atoms with van der Waals surface area (Å²) in [6, 6.07) is 0. The largest absolute Gasteiger partial charge is 0.481 e. The van der Waals surface area contributed by atoms with Crippen LogP contribution in [0.25, 0.3) is 0 Å². The topological polar surface area (TPSA) is 69.6 Å². The van der Waals surface area contributed by atoms with Gasteiger partial charge in [-0.2, -0.15) is 0 Å². The Bertz CT molecular complexity index is 318. The summed E-state index contributed by atoms with van der Waals surface area (Å²) in [5, 5.41) is 12.4. The van der Waals surface area contributed by atoms with Gasteiger partial charge in [0.25, 0.3) is 0 Å². The second kappa shape index (κ2) is 4.05. The molecule has 16 heavy (non-hydrogen) atoms. The molecular formula is C11H18N2O3. The van der Waals surface area contributed by atoms with Crippen LogP contribution in [0.1, 0.15) is 19.8 Å². The Balaban J connectivity index is 2.17. The fourth-order valence-electron chi connectivity index (χ4n) is 3.01. The number of hydrogen-bond donors (Lipinski definition) is 2. The first-order valence-corrected chi connectivity index (χ1v) is 5.74. The van der Waals surface area contributed by atoms with Gasteiger partial charge in [-0.05, 0) is 12.8 Å². The van der Waals surface area contributed by atoms with Crippen molar-refractivity contribution >= 4 is 11.9 Å². The third kappa shape index (κ3) is 1.80. The van der Waals surface area contributed by atoms with E-state index in [9.17, 15) is 14.7 Å². The highest BCUT2D eigenvalue weighted by Crippen LogP contribution is 2.40. The molecule has 2 unspecified atom stereocenters. The van der Waals surface area contributed by atoms with E-state index >= 15 is 0 Å². The van der Waals surface area contributed by atoms with E-state index in [0.29, 0.717) is 19.6 Å². The van der Waals surface area contributed by atoms with Crippen LogP contribution in [0.2, 0.25) is 0 Å². The molecule has 2 aliphatic heterocycles. The molecular weight excluding hydrogens is 208 g/mol. The minimum Gasteiger partial charge on any atom is -0.481 e. The van der Waals surface area contributed by atoms with Gasteiger partial charge in [0.05, 0.1) is 5.92 Å². The van der Waals surface area contributed by atoms with E-state index in [1.165, 1.54) is 0 Å². The Morgan fingerprint density at radius 3 is 2.88 bits per heavy atom. The van der Waals surface area contributed by atoms with Crippen LogP contribution in [0.3, 0.4) is 0 Å². The monoisotopic (exact) mass is 226 g/mol. The third-order valence-electron chi connectivity index (χ3n) is 3.92. The number of carbonyl (C=O) groups excluding carboxylic acids is 1. The number of carboxylic acids is 1. The van der Waals surface area contributed by atoms with Gasteiger partial charge in [0.1, 0.15) is 0 Å². The molecule has 0 bridgehead atoms. The quantitative estimate of drug-likeness (QED) is 0.656. The summed E-state index contributed by atoms with van der Waals surface area (Å²) < 4.78 is 0. The number of hydrogen-bond acceptors (Lipinski definition) is 3. The average molecular weight is 226 g/mol. The molecule has 0 aromatic carbocycles. The number of nitrogens with one attached hydrogen (secondary N) is 1. The van der Waals surface area contributed by atoms with E-state index in [1.54, 1.807) is 11.8 Å². The van der Waals surface area contributed by atoms with Crippen molar-refractivity contribution in [1.82, 2.24) is 10.2 Å². The van der Waals surface area contributed by atoms with Crippen molar-refractivity contribution in [2.75, 3.05) is 26.2 Å². The maximum absolute atomic E-state index is 11.4. The van der Waals surface area contributed by atoms with Crippen LogP contribution in [0.15, 0.2) is 0 Å². The molecule has 1 amide bonds. The molecule has 0 radical (unpaired) electrons. The molecule has 2 atom stereocenters. The van der Waals surface area contributed by atoms with E-state index in [1.807, 2.05) is 0 Å². The zero-order chi connectivity index (χ0) is 11.8. The van der Waals surface area contributed by atoms with Gasteiger partial charge >= 0.3 is 5.97 Å². The highest BCUT2D eigenvalue weighted by atomic mass is 16.4. The maximum Gasteiger partial charge on any atom is 0.308 e. The van der Waals surface area contributed by atoms with Crippen LogP contribution in [0.5, 0.6) is 0 Å². The lowest BCUT2D eigenvalue weighted by Crippen LogP contribution is -2.50. The molecule has 2 fully saturated rings. The van der Waals surface area contributed by atoms with Crippen LogP contribution < -0.4 is 5.32 Å². The molecule has 0 aliphatic carbocycles. The SMILES string of the molecule is CC(=O)N1CCCC2(CNCC2C(=O)O)C1. The summed E-state index contributed by atoms with van der Waals surface area (Å²) in [5.41, 5.74) is -0.240. The number of carboxylic acid groups (broad SMARTS) is 1. The first-order chi connectivity index (χ1) is 7.55. The van der Waals surface area contributed by atoms with Gasteiger partial charge in [0, 0.05) is 38.5 Å². The number of likely N-dealkylation sites (tertiary alicyclic amines) is 1. The minimum absolute atomic E-state index is 0.0510. The normalized spacial score (nSPS) is 34.3. The second-order valence-electron chi connectivity index (χ2n) is 4.93. The molecule has 1 spiro atoms. The molecule has 2 N–H and O–H groups in total. The summed E-state index contributed by atoms with van der Waals surface area (Å²) >= 11 is 0. The van der Waals surface area contributed by atoms with Gasteiger partial charge in [-0.1, -0.05) is 0 Å². The van der Waals surface area contributed by atoms with Crippen LogP contribution in [0.4, 0.5) is 0 Å². The van der Waals surface area contributed by atoms with Crippen molar-refractivity contribution in [2.24, 2.45) is 11.3 Å². The van der Waals surface area contributed by atoms with E-state index < -0.39 is 5.97 Å². The molecule has 2 aliphatic rings. The maximum atomic E-state index is 11.4. The van der Waals surface area contributed by atoms with Crippen LogP contribution in [-0.4, -0.2) is 48.1 Å². The van der Waals surface area contributed by atoms with Crippen molar-refractivity contribution in [3.8, 4) is 0 Å². The zero-order valence-corrected chi connectivity index (χ0v) is 9.53. The first kappa shape index (κ1) is 11.4. The van der Waals surface area contributed by atoms with E-state index in [2.05, 4.69) is 5.32 Å². The lowest BCUT2D eigenvalue weighted by atomic mass is 9.72. The summed E-state index contributed by atoms with van der Waals surface area (Å²) in [4.78, 5) is 24.4.